The van der Waals surface area contributed by atoms with Gasteiger partial charge in [0.15, 0.2) is 0 Å². The Morgan fingerprint density at radius 3 is 3.11 bits per heavy atom. The highest BCUT2D eigenvalue weighted by Gasteiger charge is 2.01. The van der Waals surface area contributed by atoms with Gasteiger partial charge in [0.05, 0.1) is 0 Å². The van der Waals surface area contributed by atoms with Gasteiger partial charge < -0.3 is 11.1 Å². The standard InChI is InChI=1S/C7H13N2/c8-5-6-9-7-3-1-2-4-7/h9H,1-3,5-6,8H2. The Bertz CT molecular complexity index is 107. The van der Waals surface area contributed by atoms with Crippen molar-refractivity contribution in [3.8, 4) is 0 Å². The number of nitrogens with one attached hydrogen (secondary N) is 1. The molecule has 2 nitrogen and oxygen atoms in total. The lowest BCUT2D eigenvalue weighted by Crippen LogP contribution is -2.20. The van der Waals surface area contributed by atoms with Gasteiger partial charge in [0.1, 0.15) is 0 Å². The SMILES string of the molecule is NCCNC1=[C]CCC1. The third kappa shape index (κ3) is 2.06. The van der Waals surface area contributed by atoms with E-state index < -0.39 is 0 Å². The van der Waals surface area contributed by atoms with Gasteiger partial charge in [0.2, 0.25) is 0 Å². The topological polar surface area (TPSA) is 38.0 Å². The average molecular weight is 125 g/mol. The summed E-state index contributed by atoms with van der Waals surface area (Å²) in [5, 5.41) is 3.21. The van der Waals surface area contributed by atoms with Crippen LogP contribution in [0.4, 0.5) is 0 Å². The fraction of sp³-hybridized carbons (Fsp3) is 0.714. The molecule has 2 heteroatoms. The Morgan fingerprint density at radius 1 is 1.67 bits per heavy atom. The Kier molecular flexibility index (Phi) is 2.58. The van der Waals surface area contributed by atoms with Gasteiger partial charge >= 0.3 is 0 Å². The van der Waals surface area contributed by atoms with Crippen molar-refractivity contribution >= 4 is 0 Å². The van der Waals surface area contributed by atoms with Crippen LogP contribution in [0.1, 0.15) is 19.3 Å². The van der Waals surface area contributed by atoms with Crippen molar-refractivity contribution in [2.75, 3.05) is 13.1 Å². The Morgan fingerprint density at radius 2 is 2.56 bits per heavy atom. The van der Waals surface area contributed by atoms with Crippen molar-refractivity contribution in [3.63, 3.8) is 0 Å². The highest BCUT2D eigenvalue weighted by Crippen LogP contribution is 2.12. The number of allylic oxidation sites excluding steroid dienone is 2. The Balaban J connectivity index is 2.11. The van der Waals surface area contributed by atoms with Crippen LogP contribution >= 0.6 is 0 Å². The number of rotatable bonds is 3. The lowest BCUT2D eigenvalue weighted by atomic mass is 10.3. The molecule has 0 bridgehead atoms. The fourth-order valence-corrected chi connectivity index (χ4v) is 0.967. The summed E-state index contributed by atoms with van der Waals surface area (Å²) in [7, 11) is 0. The summed E-state index contributed by atoms with van der Waals surface area (Å²) in [4.78, 5) is 0. The van der Waals surface area contributed by atoms with E-state index in [4.69, 9.17) is 5.73 Å². The highest BCUT2D eigenvalue weighted by molar-refractivity contribution is 4.99. The van der Waals surface area contributed by atoms with E-state index in [1.54, 1.807) is 0 Å². The first-order valence-corrected chi connectivity index (χ1v) is 3.47. The average Bonchev–Trinajstić information content (AvgIpc) is 2.34. The minimum Gasteiger partial charge on any atom is -0.387 e. The van der Waals surface area contributed by atoms with E-state index in [2.05, 4.69) is 11.4 Å². The van der Waals surface area contributed by atoms with Crippen LogP contribution in [0.5, 0.6) is 0 Å². The predicted octanol–water partition coefficient (Wildman–Crippen LogP) is 0.406. The van der Waals surface area contributed by atoms with Gasteiger partial charge in [-0.25, -0.2) is 0 Å². The lowest BCUT2D eigenvalue weighted by molar-refractivity contribution is 0.756. The summed E-state index contributed by atoms with van der Waals surface area (Å²) >= 11 is 0. The van der Waals surface area contributed by atoms with E-state index in [-0.39, 0.29) is 0 Å². The van der Waals surface area contributed by atoms with Gasteiger partial charge in [-0.3, -0.25) is 0 Å². The zero-order valence-electron chi connectivity index (χ0n) is 5.61. The Labute approximate surface area is 56.1 Å². The summed E-state index contributed by atoms with van der Waals surface area (Å²) in [5.41, 5.74) is 6.57. The fourth-order valence-electron chi connectivity index (χ4n) is 0.967. The van der Waals surface area contributed by atoms with Crippen LogP contribution in [0.15, 0.2) is 5.70 Å². The first-order valence-electron chi connectivity index (χ1n) is 3.47. The van der Waals surface area contributed by atoms with Gasteiger partial charge in [-0.1, -0.05) is 0 Å². The molecule has 1 aliphatic carbocycles. The quantitative estimate of drug-likeness (QED) is 0.573. The molecular weight excluding hydrogens is 112 g/mol. The zero-order chi connectivity index (χ0) is 6.53. The van der Waals surface area contributed by atoms with Gasteiger partial charge in [-0.2, -0.15) is 0 Å². The van der Waals surface area contributed by atoms with Crippen molar-refractivity contribution in [1.82, 2.24) is 5.32 Å². The van der Waals surface area contributed by atoms with Crippen LogP contribution in [-0.4, -0.2) is 13.1 Å². The summed E-state index contributed by atoms with van der Waals surface area (Å²) in [5.74, 6) is 0. The molecule has 0 atom stereocenters. The number of hydrogen-bond donors (Lipinski definition) is 2. The molecule has 0 aromatic carbocycles. The molecule has 1 aliphatic rings. The number of nitrogens with two attached hydrogens (primary N) is 1. The molecule has 0 aromatic heterocycles. The molecule has 0 fully saturated rings. The summed E-state index contributed by atoms with van der Waals surface area (Å²) in [6.45, 7) is 1.60. The molecule has 51 valence electrons. The predicted molar refractivity (Wildman–Crippen MR) is 37.7 cm³/mol. The van der Waals surface area contributed by atoms with Gasteiger partial charge in [-0.15, -0.1) is 0 Å². The Hall–Kier alpha value is -0.500. The van der Waals surface area contributed by atoms with Crippen LogP contribution in [0.3, 0.4) is 0 Å². The smallest absolute Gasteiger partial charge is 0.0267 e. The van der Waals surface area contributed by atoms with Gasteiger partial charge in [0, 0.05) is 18.8 Å². The first-order chi connectivity index (χ1) is 4.43. The molecule has 3 N–H and O–H groups in total. The molecule has 0 aromatic rings. The molecule has 0 aliphatic heterocycles. The van der Waals surface area contributed by atoms with Crippen molar-refractivity contribution in [1.29, 1.82) is 0 Å². The first kappa shape index (κ1) is 6.62. The van der Waals surface area contributed by atoms with Crippen LogP contribution < -0.4 is 11.1 Å². The second-order valence-corrected chi connectivity index (χ2v) is 2.22. The van der Waals surface area contributed by atoms with Crippen molar-refractivity contribution in [3.05, 3.63) is 11.8 Å². The molecule has 0 unspecified atom stereocenters. The van der Waals surface area contributed by atoms with Gasteiger partial charge in [-0.05, 0) is 25.3 Å². The molecule has 1 radical (unpaired) electrons. The zero-order valence-corrected chi connectivity index (χ0v) is 5.61. The minimum absolute atomic E-state index is 0.713. The highest BCUT2D eigenvalue weighted by atomic mass is 14.9. The van der Waals surface area contributed by atoms with Crippen LogP contribution in [-0.2, 0) is 0 Å². The molecule has 0 saturated heterocycles. The molecule has 0 amide bonds. The maximum absolute atomic E-state index is 5.30. The summed E-state index contributed by atoms with van der Waals surface area (Å²) < 4.78 is 0. The van der Waals surface area contributed by atoms with E-state index in [1.165, 1.54) is 18.5 Å². The second-order valence-electron chi connectivity index (χ2n) is 2.22. The van der Waals surface area contributed by atoms with E-state index >= 15 is 0 Å². The molecule has 0 saturated carbocycles. The van der Waals surface area contributed by atoms with Crippen LogP contribution in [0.2, 0.25) is 0 Å². The van der Waals surface area contributed by atoms with Crippen molar-refractivity contribution in [2.24, 2.45) is 5.73 Å². The third-order valence-electron chi connectivity index (χ3n) is 1.42. The largest absolute Gasteiger partial charge is 0.387 e. The second kappa shape index (κ2) is 3.51. The molecule has 0 spiro atoms. The molecular formula is C7H13N2. The maximum atomic E-state index is 5.30. The maximum Gasteiger partial charge on any atom is 0.0267 e. The third-order valence-corrected chi connectivity index (χ3v) is 1.42. The monoisotopic (exact) mass is 125 g/mol. The summed E-state index contributed by atoms with van der Waals surface area (Å²) in [6.07, 6.45) is 6.78. The molecule has 9 heavy (non-hydrogen) atoms. The van der Waals surface area contributed by atoms with E-state index in [1.807, 2.05) is 0 Å². The van der Waals surface area contributed by atoms with Crippen molar-refractivity contribution < 1.29 is 0 Å². The minimum atomic E-state index is 0.713. The van der Waals surface area contributed by atoms with Crippen LogP contribution in [0.25, 0.3) is 0 Å². The van der Waals surface area contributed by atoms with Gasteiger partial charge in [0.25, 0.3) is 0 Å². The summed E-state index contributed by atoms with van der Waals surface area (Å²) in [6, 6.07) is 0. The number of hydrogen-bond acceptors (Lipinski definition) is 2. The molecule has 1 rings (SSSR count). The van der Waals surface area contributed by atoms with Crippen LogP contribution in [0, 0.1) is 6.08 Å². The lowest BCUT2D eigenvalue weighted by Gasteiger charge is -2.02. The van der Waals surface area contributed by atoms with E-state index in [0.29, 0.717) is 6.54 Å². The molecule has 0 heterocycles. The van der Waals surface area contributed by atoms with E-state index in [0.717, 1.165) is 13.0 Å². The van der Waals surface area contributed by atoms with Crippen molar-refractivity contribution in [2.45, 2.75) is 19.3 Å². The van der Waals surface area contributed by atoms with E-state index in [9.17, 15) is 0 Å². The normalized spacial score (nSPS) is 17.7.